The van der Waals surface area contributed by atoms with Crippen molar-refractivity contribution < 1.29 is 4.74 Å². The average molecular weight is 437 g/mol. The number of ether oxygens (including phenoxy) is 1. The number of pyridine rings is 1. The second-order valence-corrected chi connectivity index (χ2v) is 9.14. The van der Waals surface area contributed by atoms with Crippen molar-refractivity contribution in [1.29, 1.82) is 0 Å². The Morgan fingerprint density at radius 3 is 2.61 bits per heavy atom. The van der Waals surface area contributed by atoms with Crippen LogP contribution < -0.4 is 4.74 Å². The Bertz CT molecular complexity index is 968. The third kappa shape index (κ3) is 5.99. The summed E-state index contributed by atoms with van der Waals surface area (Å²) in [7, 11) is 1.70. The van der Waals surface area contributed by atoms with Gasteiger partial charge in [-0.1, -0.05) is 48.4 Å². The van der Waals surface area contributed by atoms with E-state index < -0.39 is 0 Å². The zero-order chi connectivity index (χ0) is 21.5. The van der Waals surface area contributed by atoms with Crippen LogP contribution in [0, 0.1) is 5.92 Å². The molecule has 3 aromatic rings. The van der Waals surface area contributed by atoms with Gasteiger partial charge in [-0.05, 0) is 93.4 Å². The molecule has 1 saturated heterocycles. The van der Waals surface area contributed by atoms with Crippen LogP contribution in [0.1, 0.15) is 43.2 Å². The summed E-state index contributed by atoms with van der Waals surface area (Å²) >= 11 is 6.52. The third-order valence-electron chi connectivity index (χ3n) is 6.66. The first kappa shape index (κ1) is 22.1. The lowest BCUT2D eigenvalue weighted by Gasteiger charge is -2.32. The molecule has 0 aliphatic carbocycles. The molecule has 0 radical (unpaired) electrons. The van der Waals surface area contributed by atoms with Crippen molar-refractivity contribution in [2.75, 3.05) is 26.7 Å². The number of aromatic nitrogens is 1. The Kier molecular flexibility index (Phi) is 7.82. The minimum atomic E-state index is 0.772. The number of rotatable bonds is 9. The van der Waals surface area contributed by atoms with Crippen molar-refractivity contribution in [3.63, 3.8) is 0 Å². The SMILES string of the molecule is COc1ccc2ncc(Cl)c(CCCC3CCN(CCCc4ccccc4)CC3)c2c1. The van der Waals surface area contributed by atoms with Crippen molar-refractivity contribution in [3.05, 3.63) is 70.9 Å². The second kappa shape index (κ2) is 11.0. The normalized spacial score (nSPS) is 15.4. The van der Waals surface area contributed by atoms with E-state index in [0.29, 0.717) is 0 Å². The van der Waals surface area contributed by atoms with Gasteiger partial charge in [0.2, 0.25) is 0 Å². The summed E-state index contributed by atoms with van der Waals surface area (Å²) < 4.78 is 5.40. The largest absolute Gasteiger partial charge is 0.497 e. The number of piperidine rings is 1. The van der Waals surface area contributed by atoms with Gasteiger partial charge in [-0.25, -0.2) is 0 Å². The van der Waals surface area contributed by atoms with Crippen LogP contribution in [0.3, 0.4) is 0 Å². The molecule has 164 valence electrons. The molecule has 2 aromatic carbocycles. The van der Waals surface area contributed by atoms with Gasteiger partial charge in [0.15, 0.2) is 0 Å². The van der Waals surface area contributed by atoms with E-state index in [1.807, 2.05) is 12.1 Å². The number of halogens is 1. The zero-order valence-electron chi connectivity index (χ0n) is 18.5. The van der Waals surface area contributed by atoms with Gasteiger partial charge in [-0.3, -0.25) is 4.98 Å². The number of nitrogens with zero attached hydrogens (tertiary/aromatic N) is 2. The Morgan fingerprint density at radius 1 is 1.03 bits per heavy atom. The summed E-state index contributed by atoms with van der Waals surface area (Å²) in [6, 6.07) is 16.9. The van der Waals surface area contributed by atoms with Crippen molar-refractivity contribution in [2.45, 2.75) is 44.9 Å². The van der Waals surface area contributed by atoms with Gasteiger partial charge in [0, 0.05) is 11.6 Å². The Labute approximate surface area is 191 Å². The van der Waals surface area contributed by atoms with Crippen LogP contribution >= 0.6 is 11.6 Å². The number of benzene rings is 2. The van der Waals surface area contributed by atoms with Crippen molar-refractivity contribution in [1.82, 2.24) is 9.88 Å². The van der Waals surface area contributed by atoms with Crippen molar-refractivity contribution >= 4 is 22.5 Å². The topological polar surface area (TPSA) is 25.4 Å². The van der Waals surface area contributed by atoms with Crippen LogP contribution in [0.25, 0.3) is 10.9 Å². The predicted molar refractivity (Wildman–Crippen MR) is 130 cm³/mol. The molecular formula is C27H33ClN2O. The third-order valence-corrected chi connectivity index (χ3v) is 6.99. The maximum Gasteiger partial charge on any atom is 0.119 e. The standard InChI is InChI=1S/C27H33ClN2O/c1-31-23-12-13-27-25(19-23)24(26(28)20-29-27)11-5-9-22-14-17-30(18-15-22)16-6-10-21-7-3-2-4-8-21/h2-4,7-8,12-13,19-20,22H,5-6,9-11,14-18H2,1H3. The first-order chi connectivity index (χ1) is 15.2. The predicted octanol–water partition coefficient (Wildman–Crippen LogP) is 6.56. The van der Waals surface area contributed by atoms with Crippen LogP contribution in [0.2, 0.25) is 5.02 Å². The maximum atomic E-state index is 6.52. The van der Waals surface area contributed by atoms with Gasteiger partial charge in [-0.2, -0.15) is 0 Å². The summed E-state index contributed by atoms with van der Waals surface area (Å²) in [6.07, 6.45) is 10.3. The molecule has 0 bridgehead atoms. The Hall–Kier alpha value is -2.10. The van der Waals surface area contributed by atoms with E-state index in [-0.39, 0.29) is 0 Å². The summed E-state index contributed by atoms with van der Waals surface area (Å²) in [6.45, 7) is 3.72. The summed E-state index contributed by atoms with van der Waals surface area (Å²) in [5, 5.41) is 1.90. The van der Waals surface area contributed by atoms with E-state index in [4.69, 9.17) is 16.3 Å². The van der Waals surface area contributed by atoms with E-state index in [2.05, 4.69) is 46.3 Å². The molecule has 4 heteroatoms. The second-order valence-electron chi connectivity index (χ2n) is 8.73. The van der Waals surface area contributed by atoms with Crippen LogP contribution in [0.5, 0.6) is 5.75 Å². The molecule has 0 amide bonds. The fraction of sp³-hybridized carbons (Fsp3) is 0.444. The van der Waals surface area contributed by atoms with Crippen LogP contribution in [0.15, 0.2) is 54.7 Å². The van der Waals surface area contributed by atoms with E-state index in [1.54, 1.807) is 13.3 Å². The minimum absolute atomic E-state index is 0.772. The lowest BCUT2D eigenvalue weighted by molar-refractivity contribution is 0.176. The number of fused-ring (bicyclic) bond motifs is 1. The molecule has 1 aliphatic rings. The van der Waals surface area contributed by atoms with E-state index >= 15 is 0 Å². The molecule has 0 unspecified atom stereocenters. The molecule has 0 saturated carbocycles. The smallest absolute Gasteiger partial charge is 0.119 e. The van der Waals surface area contributed by atoms with Crippen LogP contribution in [-0.2, 0) is 12.8 Å². The van der Waals surface area contributed by atoms with Crippen molar-refractivity contribution in [3.8, 4) is 5.75 Å². The van der Waals surface area contributed by atoms with Crippen LogP contribution in [-0.4, -0.2) is 36.6 Å². The molecular weight excluding hydrogens is 404 g/mol. The molecule has 0 atom stereocenters. The average Bonchev–Trinajstić information content (AvgIpc) is 2.82. The molecule has 1 aliphatic heterocycles. The molecule has 1 fully saturated rings. The first-order valence-electron chi connectivity index (χ1n) is 11.6. The number of hydrogen-bond acceptors (Lipinski definition) is 3. The quantitative estimate of drug-likeness (QED) is 0.379. The number of methoxy groups -OCH3 is 1. The summed E-state index contributed by atoms with van der Waals surface area (Å²) in [4.78, 5) is 7.13. The highest BCUT2D eigenvalue weighted by atomic mass is 35.5. The zero-order valence-corrected chi connectivity index (χ0v) is 19.3. The lowest BCUT2D eigenvalue weighted by atomic mass is 9.90. The van der Waals surface area contributed by atoms with Gasteiger partial charge in [0.05, 0.1) is 17.6 Å². The molecule has 31 heavy (non-hydrogen) atoms. The van der Waals surface area contributed by atoms with Crippen LogP contribution in [0.4, 0.5) is 0 Å². The molecule has 1 aromatic heterocycles. The molecule has 0 spiro atoms. The maximum absolute atomic E-state index is 6.52. The first-order valence-corrected chi connectivity index (χ1v) is 12.0. The fourth-order valence-electron chi connectivity index (χ4n) is 4.80. The molecule has 4 rings (SSSR count). The number of hydrogen-bond donors (Lipinski definition) is 0. The highest BCUT2D eigenvalue weighted by molar-refractivity contribution is 6.32. The van der Waals surface area contributed by atoms with Gasteiger partial charge >= 0.3 is 0 Å². The van der Waals surface area contributed by atoms with Crippen molar-refractivity contribution in [2.24, 2.45) is 5.92 Å². The van der Waals surface area contributed by atoms with Gasteiger partial charge < -0.3 is 9.64 Å². The lowest BCUT2D eigenvalue weighted by Crippen LogP contribution is -2.34. The van der Waals surface area contributed by atoms with E-state index in [1.165, 1.54) is 69.3 Å². The van der Waals surface area contributed by atoms with E-state index in [0.717, 1.165) is 34.0 Å². The van der Waals surface area contributed by atoms with Gasteiger partial charge in [-0.15, -0.1) is 0 Å². The monoisotopic (exact) mass is 436 g/mol. The summed E-state index contributed by atoms with van der Waals surface area (Å²) in [5.41, 5.74) is 3.66. The molecule has 3 nitrogen and oxygen atoms in total. The highest BCUT2D eigenvalue weighted by Gasteiger charge is 2.19. The highest BCUT2D eigenvalue weighted by Crippen LogP contribution is 2.30. The van der Waals surface area contributed by atoms with E-state index in [9.17, 15) is 0 Å². The molecule has 0 N–H and O–H groups in total. The summed E-state index contributed by atoms with van der Waals surface area (Å²) in [5.74, 6) is 1.70. The molecule has 2 heterocycles. The van der Waals surface area contributed by atoms with Gasteiger partial charge in [0.25, 0.3) is 0 Å². The van der Waals surface area contributed by atoms with Gasteiger partial charge in [0.1, 0.15) is 5.75 Å². The number of aryl methyl sites for hydroxylation is 2. The minimum Gasteiger partial charge on any atom is -0.497 e. The Balaban J connectivity index is 1.22. The number of likely N-dealkylation sites (tertiary alicyclic amines) is 1. The fourth-order valence-corrected chi connectivity index (χ4v) is 5.05. The Morgan fingerprint density at radius 2 is 1.84 bits per heavy atom.